The number of nitrogens with zero attached hydrogens (tertiary/aromatic N) is 2. The zero-order valence-electron chi connectivity index (χ0n) is 45.5. The van der Waals surface area contributed by atoms with E-state index in [0.29, 0.717) is 0 Å². The Morgan fingerprint density at radius 2 is 0.400 bits per heavy atom. The predicted molar refractivity (Wildman–Crippen MR) is 295 cm³/mol. The van der Waals surface area contributed by atoms with Crippen molar-refractivity contribution >= 4 is 0 Å². The topological polar surface area (TPSA) is 25.8 Å². The van der Waals surface area contributed by atoms with E-state index in [9.17, 15) is 0 Å². The van der Waals surface area contributed by atoms with Gasteiger partial charge in [0, 0.05) is 17.8 Å². The number of unbranched alkanes of at least 4 members (excludes halogenated alkanes) is 48. The molecular formula is C63H121N2. The lowest BCUT2D eigenvalue weighted by molar-refractivity contribution is 0.524. The highest BCUT2D eigenvalue weighted by Crippen LogP contribution is 2.23. The van der Waals surface area contributed by atoms with Gasteiger partial charge in [-0.1, -0.05) is 329 Å². The van der Waals surface area contributed by atoms with E-state index in [0.717, 1.165) is 25.1 Å². The average molecular weight is 907 g/mol. The van der Waals surface area contributed by atoms with Gasteiger partial charge in [-0.05, 0) is 51.0 Å². The fourth-order valence-electron chi connectivity index (χ4n) is 10.5. The van der Waals surface area contributed by atoms with Gasteiger partial charge < -0.3 is 0 Å². The van der Waals surface area contributed by atoms with Gasteiger partial charge in [-0.3, -0.25) is 0 Å². The summed E-state index contributed by atoms with van der Waals surface area (Å²) < 4.78 is 0. The second kappa shape index (κ2) is 52.5. The highest BCUT2D eigenvalue weighted by molar-refractivity contribution is 5.27. The summed E-state index contributed by atoms with van der Waals surface area (Å²) in [5.74, 6) is 1.00. The van der Waals surface area contributed by atoms with Gasteiger partial charge >= 0.3 is 0 Å². The van der Waals surface area contributed by atoms with Gasteiger partial charge in [-0.25, -0.2) is 9.97 Å². The van der Waals surface area contributed by atoms with Crippen LogP contribution < -0.4 is 0 Å². The molecule has 0 saturated heterocycles. The van der Waals surface area contributed by atoms with Crippen LogP contribution in [0.25, 0.3) is 0 Å². The van der Waals surface area contributed by atoms with Crippen LogP contribution in [0.5, 0.6) is 0 Å². The minimum atomic E-state index is 0.720. The molecule has 0 bridgehead atoms. The fraction of sp³-hybridized carbons (Fsp3) is 0.921. The molecule has 0 aliphatic heterocycles. The predicted octanol–water partition coefficient (Wildman–Crippen LogP) is 22.4. The summed E-state index contributed by atoms with van der Waals surface area (Å²) in [6.45, 7) is 11.2. The third-order valence-electron chi connectivity index (χ3n) is 15.0. The zero-order chi connectivity index (χ0) is 46.6. The fourth-order valence-corrected chi connectivity index (χ4v) is 10.5. The molecule has 0 aliphatic carbocycles. The summed E-state index contributed by atoms with van der Waals surface area (Å²) in [5, 5.41) is 0. The molecule has 2 nitrogen and oxygen atoms in total. The number of rotatable bonds is 55. The van der Waals surface area contributed by atoms with Crippen LogP contribution in [0.3, 0.4) is 0 Å². The summed E-state index contributed by atoms with van der Waals surface area (Å²) >= 11 is 0. The van der Waals surface area contributed by atoms with Crippen molar-refractivity contribution in [3.63, 3.8) is 0 Å². The van der Waals surface area contributed by atoms with E-state index in [1.54, 1.807) is 5.56 Å². The molecular weight excluding hydrogens is 785 g/mol. The normalized spacial score (nSPS) is 11.7. The lowest BCUT2D eigenvalue weighted by Crippen LogP contribution is -2.11. The van der Waals surface area contributed by atoms with Crippen LogP contribution >= 0.6 is 0 Å². The quantitative estimate of drug-likeness (QED) is 0.0609. The van der Waals surface area contributed by atoms with Crippen LogP contribution in [-0.4, -0.2) is 9.97 Å². The summed E-state index contributed by atoms with van der Waals surface area (Å²) in [5.41, 5.74) is 4.35. The van der Waals surface area contributed by atoms with Gasteiger partial charge in [0.15, 0.2) is 0 Å². The summed E-state index contributed by atoms with van der Waals surface area (Å²) in [7, 11) is 0. The largest absolute Gasteiger partial charge is 0.238 e. The Morgan fingerprint density at radius 3 is 0.585 bits per heavy atom. The molecule has 1 aromatic heterocycles. The van der Waals surface area contributed by atoms with Crippen LogP contribution in [0, 0.1) is 6.92 Å². The van der Waals surface area contributed by atoms with E-state index in [1.807, 2.05) is 0 Å². The first kappa shape index (κ1) is 62.1. The SMILES string of the molecule is [CH2]Cc1nc(CCCCCCCCCCCCCCCCCCC)c(CCCCCCCCCCCCCCCCCCC)c(CCCCCCCCCCCCCCCCCCC)n1. The molecule has 383 valence electrons. The minimum Gasteiger partial charge on any atom is -0.238 e. The molecule has 1 aromatic rings. The summed E-state index contributed by atoms with van der Waals surface area (Å²) in [6, 6.07) is 0. The van der Waals surface area contributed by atoms with Gasteiger partial charge in [0.2, 0.25) is 0 Å². The molecule has 2 heteroatoms. The summed E-state index contributed by atoms with van der Waals surface area (Å²) in [4.78, 5) is 10.4. The molecule has 1 heterocycles. The molecule has 1 radical (unpaired) electrons. The van der Waals surface area contributed by atoms with E-state index in [-0.39, 0.29) is 0 Å². The molecule has 1 rings (SSSR count). The van der Waals surface area contributed by atoms with Crippen LogP contribution in [0.2, 0.25) is 0 Å². The number of hydrogen-bond donors (Lipinski definition) is 0. The summed E-state index contributed by atoms with van der Waals surface area (Å²) in [6.07, 6.45) is 77.2. The lowest BCUT2D eigenvalue weighted by atomic mass is 9.96. The van der Waals surface area contributed by atoms with Crippen LogP contribution in [0.4, 0.5) is 0 Å². The van der Waals surface area contributed by atoms with Crippen molar-refractivity contribution in [2.75, 3.05) is 0 Å². The molecule has 0 spiro atoms. The zero-order valence-corrected chi connectivity index (χ0v) is 45.5. The first-order valence-electron chi connectivity index (χ1n) is 30.9. The van der Waals surface area contributed by atoms with E-state index in [4.69, 9.17) is 9.97 Å². The van der Waals surface area contributed by atoms with Crippen molar-refractivity contribution in [1.29, 1.82) is 0 Å². The van der Waals surface area contributed by atoms with Crippen LogP contribution in [0.15, 0.2) is 0 Å². The van der Waals surface area contributed by atoms with Crippen molar-refractivity contribution < 1.29 is 0 Å². The van der Waals surface area contributed by atoms with Gasteiger partial charge in [0.05, 0.1) is 0 Å². The molecule has 0 atom stereocenters. The number of aryl methyl sites for hydroxylation is 2. The maximum atomic E-state index is 5.21. The highest BCUT2D eigenvalue weighted by Gasteiger charge is 2.14. The first-order chi connectivity index (χ1) is 32.3. The second-order valence-electron chi connectivity index (χ2n) is 21.5. The smallest absolute Gasteiger partial charge is 0.128 e. The lowest BCUT2D eigenvalue weighted by Gasteiger charge is -2.16. The van der Waals surface area contributed by atoms with Crippen molar-refractivity contribution in [2.24, 2.45) is 0 Å². The molecule has 0 aromatic carbocycles. The van der Waals surface area contributed by atoms with Gasteiger partial charge in [-0.2, -0.15) is 0 Å². The van der Waals surface area contributed by atoms with Gasteiger partial charge in [0.1, 0.15) is 5.82 Å². The van der Waals surface area contributed by atoms with E-state index in [1.165, 1.54) is 345 Å². The third-order valence-corrected chi connectivity index (χ3v) is 15.0. The van der Waals surface area contributed by atoms with Crippen molar-refractivity contribution in [2.45, 2.75) is 374 Å². The molecule has 0 unspecified atom stereocenters. The number of hydrogen-bond acceptors (Lipinski definition) is 2. The third kappa shape index (κ3) is 42.9. The number of aromatic nitrogens is 2. The average Bonchev–Trinajstić information content (AvgIpc) is 3.32. The Labute approximate surface area is 411 Å². The van der Waals surface area contributed by atoms with E-state index < -0.39 is 0 Å². The van der Waals surface area contributed by atoms with Gasteiger partial charge in [-0.15, -0.1) is 0 Å². The molecule has 0 saturated carbocycles. The van der Waals surface area contributed by atoms with Crippen LogP contribution in [-0.2, 0) is 25.7 Å². The second-order valence-corrected chi connectivity index (χ2v) is 21.5. The molecule has 0 N–H and O–H groups in total. The van der Waals surface area contributed by atoms with E-state index >= 15 is 0 Å². The van der Waals surface area contributed by atoms with Crippen LogP contribution in [0.1, 0.15) is 371 Å². The maximum absolute atomic E-state index is 5.21. The molecule has 0 aliphatic rings. The standard InChI is InChI=1S/C63H121N2/c1-5-9-12-15-18-21-24-27-30-33-36-39-42-45-48-51-54-57-60-61(58-55-52-49-46-43-40-37-34-31-28-25-22-19-16-13-10-6-2)64-63(8-4)65-62(60)59-56-53-50-47-44-41-38-35-32-29-26-23-20-17-14-11-7-3/h4-59H2,1-3H3. The van der Waals surface area contributed by atoms with Crippen molar-refractivity contribution in [1.82, 2.24) is 9.97 Å². The van der Waals surface area contributed by atoms with Crippen molar-refractivity contribution in [3.8, 4) is 0 Å². The monoisotopic (exact) mass is 906 g/mol. The van der Waals surface area contributed by atoms with Crippen molar-refractivity contribution in [3.05, 3.63) is 29.7 Å². The Kier molecular flexibility index (Phi) is 50.1. The Balaban J connectivity index is 2.40. The van der Waals surface area contributed by atoms with E-state index in [2.05, 4.69) is 27.7 Å². The molecule has 0 fully saturated rings. The minimum absolute atomic E-state index is 0.720. The molecule has 65 heavy (non-hydrogen) atoms. The molecule has 0 amide bonds. The Morgan fingerprint density at radius 1 is 0.231 bits per heavy atom. The Bertz CT molecular complexity index is 988. The Hall–Kier alpha value is -0.920. The van der Waals surface area contributed by atoms with Gasteiger partial charge in [0.25, 0.3) is 0 Å². The first-order valence-corrected chi connectivity index (χ1v) is 30.9. The highest BCUT2D eigenvalue weighted by atomic mass is 14.9. The maximum Gasteiger partial charge on any atom is 0.128 e.